The van der Waals surface area contributed by atoms with Gasteiger partial charge in [-0.2, -0.15) is 13.2 Å². The number of alkyl halides is 3. The third-order valence-corrected chi connectivity index (χ3v) is 5.52. The van der Waals surface area contributed by atoms with Gasteiger partial charge in [-0.3, -0.25) is 9.59 Å². The second-order valence-corrected chi connectivity index (χ2v) is 7.77. The molecule has 2 N–H and O–H groups in total. The highest BCUT2D eigenvalue weighted by Gasteiger charge is 2.39. The number of Topliss-reactive ketones (excluding diaryl/α,β-unsaturated/α-hetero) is 1. The molecule has 0 bridgehead atoms. The Morgan fingerprint density at radius 2 is 1.90 bits per heavy atom. The number of unbranched alkanes of at least 4 members (excludes halogenated alkanes) is 3. The van der Waals surface area contributed by atoms with Gasteiger partial charge in [0, 0.05) is 24.7 Å². The zero-order valence-electron chi connectivity index (χ0n) is 15.8. The number of carbonyl (C=O) groups is 2. The highest BCUT2D eigenvalue weighted by Crippen LogP contribution is 2.37. The van der Waals surface area contributed by atoms with Crippen molar-refractivity contribution in [3.8, 4) is 0 Å². The maximum absolute atomic E-state index is 13.0. The fourth-order valence-electron chi connectivity index (χ4n) is 3.67. The van der Waals surface area contributed by atoms with E-state index in [2.05, 4.69) is 0 Å². The van der Waals surface area contributed by atoms with Crippen molar-refractivity contribution in [2.45, 2.75) is 57.2 Å². The highest BCUT2D eigenvalue weighted by molar-refractivity contribution is 6.31. The highest BCUT2D eigenvalue weighted by atomic mass is 35.5. The van der Waals surface area contributed by atoms with Crippen LogP contribution in [0.5, 0.6) is 0 Å². The third kappa shape index (κ3) is 6.85. The molecule has 3 unspecified atom stereocenters. The van der Waals surface area contributed by atoms with Gasteiger partial charge in [0.25, 0.3) is 0 Å². The molecular weight excluding hydrogens is 409 g/mol. The number of ketones is 1. The van der Waals surface area contributed by atoms with Crippen molar-refractivity contribution in [1.29, 1.82) is 0 Å². The van der Waals surface area contributed by atoms with E-state index in [1.165, 1.54) is 18.2 Å². The summed E-state index contributed by atoms with van der Waals surface area (Å²) in [7, 11) is 0. The van der Waals surface area contributed by atoms with E-state index in [4.69, 9.17) is 16.7 Å². The van der Waals surface area contributed by atoms with Gasteiger partial charge in [-0.05, 0) is 30.5 Å². The van der Waals surface area contributed by atoms with Crippen LogP contribution in [0.15, 0.2) is 24.3 Å². The first-order valence-corrected chi connectivity index (χ1v) is 9.95. The van der Waals surface area contributed by atoms with Gasteiger partial charge in [-0.25, -0.2) is 0 Å². The molecule has 0 aliphatic heterocycles. The molecule has 0 aromatic heterocycles. The first-order chi connectivity index (χ1) is 13.6. The molecule has 8 heteroatoms. The predicted molar refractivity (Wildman–Crippen MR) is 103 cm³/mol. The van der Waals surface area contributed by atoms with Crippen molar-refractivity contribution in [3.63, 3.8) is 0 Å². The van der Waals surface area contributed by atoms with Gasteiger partial charge in [0.2, 0.25) is 0 Å². The Bertz CT molecular complexity index is 761. The zero-order valence-corrected chi connectivity index (χ0v) is 16.5. The Morgan fingerprint density at radius 3 is 2.55 bits per heavy atom. The lowest BCUT2D eigenvalue weighted by atomic mass is 9.88. The Hall–Kier alpha value is -1.86. The number of carbonyl (C=O) groups excluding carboxylic acids is 1. The number of benzene rings is 1. The van der Waals surface area contributed by atoms with E-state index in [1.54, 1.807) is 6.08 Å². The smallest absolute Gasteiger partial charge is 0.417 e. The molecule has 1 aliphatic carbocycles. The number of halogens is 4. The van der Waals surface area contributed by atoms with Gasteiger partial charge in [-0.1, -0.05) is 49.1 Å². The van der Waals surface area contributed by atoms with Crippen LogP contribution in [0.25, 0.3) is 6.08 Å². The Morgan fingerprint density at radius 1 is 1.21 bits per heavy atom. The van der Waals surface area contributed by atoms with Gasteiger partial charge in [0.1, 0.15) is 5.78 Å². The van der Waals surface area contributed by atoms with Crippen LogP contribution in [0.3, 0.4) is 0 Å². The summed E-state index contributed by atoms with van der Waals surface area (Å²) in [5.74, 6) is -1.72. The molecule has 4 nitrogen and oxygen atoms in total. The topological polar surface area (TPSA) is 74.6 Å². The first-order valence-electron chi connectivity index (χ1n) is 9.57. The lowest BCUT2D eigenvalue weighted by molar-refractivity contribution is -0.138. The van der Waals surface area contributed by atoms with Crippen molar-refractivity contribution in [3.05, 3.63) is 40.4 Å². The quantitative estimate of drug-likeness (QED) is 0.515. The van der Waals surface area contributed by atoms with E-state index in [-0.39, 0.29) is 29.6 Å². The number of hydrogen-bond donors (Lipinski definition) is 2. The average molecular weight is 433 g/mol. The normalized spacial score (nSPS) is 22.5. The molecule has 160 valence electrons. The summed E-state index contributed by atoms with van der Waals surface area (Å²) in [5, 5.41) is 18.4. The van der Waals surface area contributed by atoms with Gasteiger partial charge in [-0.15, -0.1) is 0 Å². The Kier molecular flexibility index (Phi) is 8.28. The molecule has 1 fully saturated rings. The van der Waals surface area contributed by atoms with Gasteiger partial charge in [0.15, 0.2) is 0 Å². The van der Waals surface area contributed by atoms with E-state index >= 15 is 0 Å². The maximum Gasteiger partial charge on any atom is 0.417 e. The molecule has 29 heavy (non-hydrogen) atoms. The second-order valence-electron chi connectivity index (χ2n) is 7.36. The van der Waals surface area contributed by atoms with E-state index in [1.807, 2.05) is 0 Å². The van der Waals surface area contributed by atoms with E-state index in [0.29, 0.717) is 18.4 Å². The van der Waals surface area contributed by atoms with Crippen molar-refractivity contribution >= 4 is 29.4 Å². The van der Waals surface area contributed by atoms with Crippen LogP contribution in [-0.2, 0) is 15.8 Å². The lowest BCUT2D eigenvalue weighted by Crippen LogP contribution is -2.18. The number of carboxylic acid groups (broad SMARTS) is 1. The van der Waals surface area contributed by atoms with Gasteiger partial charge < -0.3 is 10.2 Å². The standard InChI is InChI=1S/C21H24ClF3O4/c22-17-10-8-13(11-16(17)21(23,24)25)7-9-15-14(18(26)12-19(15)27)5-3-1-2-4-6-20(28)29/h7-11,14-15,19,27H,1-6,12H2,(H,28,29). The van der Waals surface area contributed by atoms with Gasteiger partial charge >= 0.3 is 12.1 Å². The summed E-state index contributed by atoms with van der Waals surface area (Å²) >= 11 is 5.62. The van der Waals surface area contributed by atoms with Crippen molar-refractivity contribution < 1.29 is 33.0 Å². The lowest BCUT2D eigenvalue weighted by Gasteiger charge is -2.17. The van der Waals surface area contributed by atoms with Crippen LogP contribution in [0.1, 0.15) is 56.1 Å². The molecule has 1 aromatic rings. The van der Waals surface area contributed by atoms with E-state index in [0.717, 1.165) is 25.3 Å². The number of rotatable bonds is 9. The van der Waals surface area contributed by atoms with Gasteiger partial charge in [0.05, 0.1) is 16.7 Å². The minimum atomic E-state index is -4.56. The zero-order chi connectivity index (χ0) is 21.6. The summed E-state index contributed by atoms with van der Waals surface area (Å²) in [6.45, 7) is 0. The molecule has 1 aliphatic rings. The number of aliphatic hydroxyl groups excluding tert-OH is 1. The summed E-state index contributed by atoms with van der Waals surface area (Å²) in [6.07, 6.45) is 1.23. The van der Waals surface area contributed by atoms with E-state index < -0.39 is 29.7 Å². The third-order valence-electron chi connectivity index (χ3n) is 5.20. The number of aliphatic hydroxyl groups is 1. The fourth-order valence-corrected chi connectivity index (χ4v) is 3.90. The first kappa shape index (κ1) is 23.4. The fraction of sp³-hybridized carbons (Fsp3) is 0.524. The van der Waals surface area contributed by atoms with Crippen molar-refractivity contribution in [2.75, 3.05) is 0 Å². The van der Waals surface area contributed by atoms with Crippen LogP contribution < -0.4 is 0 Å². The van der Waals surface area contributed by atoms with Crippen molar-refractivity contribution in [1.82, 2.24) is 0 Å². The van der Waals surface area contributed by atoms with Crippen molar-refractivity contribution in [2.24, 2.45) is 11.8 Å². The Labute approximate surface area is 172 Å². The predicted octanol–water partition coefficient (Wildman–Crippen LogP) is 5.36. The number of aliphatic carboxylic acids is 1. The summed E-state index contributed by atoms with van der Waals surface area (Å²) in [6, 6.07) is 3.57. The molecule has 1 saturated carbocycles. The maximum atomic E-state index is 13.0. The molecular formula is C21H24ClF3O4. The minimum absolute atomic E-state index is 0.0348. The molecule has 0 amide bonds. The number of hydrogen-bond acceptors (Lipinski definition) is 3. The SMILES string of the molecule is O=C(O)CCCCCCC1C(=O)CC(O)C1C=Cc1ccc(Cl)c(C(F)(F)F)c1. The molecule has 0 spiro atoms. The summed E-state index contributed by atoms with van der Waals surface area (Å²) in [5.41, 5.74) is -0.636. The summed E-state index contributed by atoms with van der Waals surface area (Å²) < 4.78 is 39.0. The van der Waals surface area contributed by atoms with Crippen LogP contribution >= 0.6 is 11.6 Å². The number of carboxylic acids is 1. The molecule has 1 aromatic carbocycles. The molecule has 0 heterocycles. The average Bonchev–Trinajstić information content (AvgIpc) is 2.89. The van der Waals surface area contributed by atoms with Crippen LogP contribution in [-0.4, -0.2) is 28.1 Å². The molecule has 2 rings (SSSR count). The van der Waals surface area contributed by atoms with Crippen LogP contribution in [0, 0.1) is 11.8 Å². The van der Waals surface area contributed by atoms with Crippen LogP contribution in [0.2, 0.25) is 5.02 Å². The van der Waals surface area contributed by atoms with Crippen LogP contribution in [0.4, 0.5) is 13.2 Å². The molecule has 0 radical (unpaired) electrons. The Balaban J connectivity index is 2.00. The van der Waals surface area contributed by atoms with E-state index in [9.17, 15) is 27.9 Å². The molecule has 0 saturated heterocycles. The summed E-state index contributed by atoms with van der Waals surface area (Å²) in [4.78, 5) is 22.7. The molecule has 3 atom stereocenters. The second kappa shape index (κ2) is 10.3. The minimum Gasteiger partial charge on any atom is -0.481 e. The monoisotopic (exact) mass is 432 g/mol. The largest absolute Gasteiger partial charge is 0.481 e.